The minimum atomic E-state index is -0.391. The molecule has 0 amide bonds. The first kappa shape index (κ1) is 13.1. The third kappa shape index (κ3) is 3.59. The fourth-order valence-electron chi connectivity index (χ4n) is 1.50. The number of nitrogens with one attached hydrogen (secondary N) is 1. The standard InChI is InChI=1S/C11H10BrN3O2S/c12-9-1-8(2-10(3-9)15(16)17)4-13-5-11-6-14-7-18-11/h1-3,6-7,13H,4-5H2. The number of halogens is 1. The maximum atomic E-state index is 10.7. The highest BCUT2D eigenvalue weighted by atomic mass is 79.9. The first-order chi connectivity index (χ1) is 8.65. The lowest BCUT2D eigenvalue weighted by atomic mass is 10.2. The van der Waals surface area contributed by atoms with Gasteiger partial charge in [-0.1, -0.05) is 15.9 Å². The summed E-state index contributed by atoms with van der Waals surface area (Å²) in [7, 11) is 0. The molecule has 7 heteroatoms. The predicted octanol–water partition coefficient (Wildman–Crippen LogP) is 3.10. The van der Waals surface area contributed by atoms with Crippen LogP contribution in [0.2, 0.25) is 0 Å². The van der Waals surface area contributed by atoms with Crippen molar-refractivity contribution in [1.82, 2.24) is 10.3 Å². The summed E-state index contributed by atoms with van der Waals surface area (Å²) in [5.74, 6) is 0. The van der Waals surface area contributed by atoms with E-state index in [9.17, 15) is 10.1 Å². The zero-order valence-electron chi connectivity index (χ0n) is 9.30. The highest BCUT2D eigenvalue weighted by Crippen LogP contribution is 2.21. The van der Waals surface area contributed by atoms with E-state index in [0.717, 1.165) is 10.4 Å². The Hall–Kier alpha value is -1.31. The lowest BCUT2D eigenvalue weighted by molar-refractivity contribution is -0.385. The predicted molar refractivity (Wildman–Crippen MR) is 73.5 cm³/mol. The number of rotatable bonds is 5. The Kier molecular flexibility index (Phi) is 4.40. The van der Waals surface area contributed by atoms with Gasteiger partial charge in [0.25, 0.3) is 5.69 Å². The Morgan fingerprint density at radius 3 is 2.89 bits per heavy atom. The van der Waals surface area contributed by atoms with E-state index in [1.165, 1.54) is 6.07 Å². The van der Waals surface area contributed by atoms with Crippen LogP contribution >= 0.6 is 27.3 Å². The molecule has 0 aliphatic rings. The average molecular weight is 328 g/mol. The van der Waals surface area contributed by atoms with Gasteiger partial charge >= 0.3 is 0 Å². The van der Waals surface area contributed by atoms with Crippen LogP contribution in [0.1, 0.15) is 10.4 Å². The topological polar surface area (TPSA) is 68.1 Å². The summed E-state index contributed by atoms with van der Waals surface area (Å²) in [6.45, 7) is 1.29. The number of thiazole rings is 1. The van der Waals surface area contributed by atoms with Gasteiger partial charge in [-0.25, -0.2) is 0 Å². The molecule has 0 saturated heterocycles. The van der Waals surface area contributed by atoms with Crippen LogP contribution in [0.5, 0.6) is 0 Å². The Balaban J connectivity index is 1.98. The van der Waals surface area contributed by atoms with Crippen molar-refractivity contribution in [3.63, 3.8) is 0 Å². The van der Waals surface area contributed by atoms with Crippen molar-refractivity contribution < 1.29 is 4.92 Å². The maximum Gasteiger partial charge on any atom is 0.270 e. The lowest BCUT2D eigenvalue weighted by Gasteiger charge is -2.04. The summed E-state index contributed by atoms with van der Waals surface area (Å²) in [4.78, 5) is 15.5. The van der Waals surface area contributed by atoms with Crippen molar-refractivity contribution in [2.45, 2.75) is 13.1 Å². The SMILES string of the molecule is O=[N+]([O-])c1cc(Br)cc(CNCc2cncs2)c1. The zero-order chi connectivity index (χ0) is 13.0. The number of hydrogen-bond acceptors (Lipinski definition) is 5. The molecule has 0 bridgehead atoms. The molecule has 0 saturated carbocycles. The van der Waals surface area contributed by atoms with E-state index in [4.69, 9.17) is 0 Å². The van der Waals surface area contributed by atoms with E-state index in [-0.39, 0.29) is 5.69 Å². The van der Waals surface area contributed by atoms with E-state index in [2.05, 4.69) is 26.2 Å². The molecule has 5 nitrogen and oxygen atoms in total. The van der Waals surface area contributed by atoms with Crippen LogP contribution in [-0.2, 0) is 13.1 Å². The minimum Gasteiger partial charge on any atom is -0.308 e. The van der Waals surface area contributed by atoms with Gasteiger partial charge < -0.3 is 5.32 Å². The summed E-state index contributed by atoms with van der Waals surface area (Å²) in [5, 5.41) is 13.9. The smallest absolute Gasteiger partial charge is 0.270 e. The van der Waals surface area contributed by atoms with E-state index in [1.54, 1.807) is 29.1 Å². The van der Waals surface area contributed by atoms with Crippen molar-refractivity contribution in [3.05, 3.63) is 54.9 Å². The van der Waals surface area contributed by atoms with Crippen LogP contribution in [0.4, 0.5) is 5.69 Å². The highest BCUT2D eigenvalue weighted by molar-refractivity contribution is 9.10. The third-order valence-corrected chi connectivity index (χ3v) is 3.50. The van der Waals surface area contributed by atoms with Gasteiger partial charge in [0.1, 0.15) is 0 Å². The number of hydrogen-bond donors (Lipinski definition) is 1. The fourth-order valence-corrected chi connectivity index (χ4v) is 2.59. The summed E-state index contributed by atoms with van der Waals surface area (Å²) < 4.78 is 0.714. The molecule has 0 aliphatic heterocycles. The average Bonchev–Trinajstić information content (AvgIpc) is 2.81. The number of non-ortho nitro benzene ring substituents is 1. The van der Waals surface area contributed by atoms with Gasteiger partial charge in [-0.3, -0.25) is 15.1 Å². The molecule has 1 heterocycles. The second-order valence-electron chi connectivity index (χ2n) is 3.65. The maximum absolute atomic E-state index is 10.7. The quantitative estimate of drug-likeness (QED) is 0.676. The molecule has 0 unspecified atom stereocenters. The molecule has 0 radical (unpaired) electrons. The van der Waals surface area contributed by atoms with Crippen molar-refractivity contribution >= 4 is 33.0 Å². The van der Waals surface area contributed by atoms with Crippen LogP contribution in [0.3, 0.4) is 0 Å². The van der Waals surface area contributed by atoms with Gasteiger partial charge in [0, 0.05) is 40.8 Å². The molecule has 94 valence electrons. The first-order valence-electron chi connectivity index (χ1n) is 5.17. The van der Waals surface area contributed by atoms with Crippen molar-refractivity contribution in [2.75, 3.05) is 0 Å². The molecule has 18 heavy (non-hydrogen) atoms. The molecular formula is C11H10BrN3O2S. The van der Waals surface area contributed by atoms with Gasteiger partial charge in [0.15, 0.2) is 0 Å². The molecular weight excluding hydrogens is 318 g/mol. The summed E-state index contributed by atoms with van der Waals surface area (Å²) >= 11 is 4.85. The van der Waals surface area contributed by atoms with Crippen LogP contribution in [0.15, 0.2) is 34.4 Å². The van der Waals surface area contributed by atoms with Crippen LogP contribution < -0.4 is 5.32 Å². The molecule has 0 atom stereocenters. The summed E-state index contributed by atoms with van der Waals surface area (Å²) in [6.07, 6.45) is 1.81. The summed E-state index contributed by atoms with van der Waals surface area (Å²) in [5.41, 5.74) is 2.75. The third-order valence-electron chi connectivity index (χ3n) is 2.26. The number of aromatic nitrogens is 1. The minimum absolute atomic E-state index is 0.0963. The molecule has 2 aromatic rings. The monoisotopic (exact) mass is 327 g/mol. The van der Waals surface area contributed by atoms with E-state index in [0.29, 0.717) is 17.6 Å². The van der Waals surface area contributed by atoms with Crippen LogP contribution in [0, 0.1) is 10.1 Å². The van der Waals surface area contributed by atoms with Crippen LogP contribution in [0.25, 0.3) is 0 Å². The molecule has 0 spiro atoms. The zero-order valence-corrected chi connectivity index (χ0v) is 11.7. The normalized spacial score (nSPS) is 10.5. The Morgan fingerprint density at radius 1 is 1.39 bits per heavy atom. The molecule has 1 N–H and O–H groups in total. The Bertz CT molecular complexity index is 545. The molecule has 0 fully saturated rings. The van der Waals surface area contributed by atoms with E-state index >= 15 is 0 Å². The fraction of sp³-hybridized carbons (Fsp3) is 0.182. The number of benzene rings is 1. The Morgan fingerprint density at radius 2 is 2.22 bits per heavy atom. The molecule has 2 rings (SSSR count). The van der Waals surface area contributed by atoms with Gasteiger partial charge in [-0.2, -0.15) is 0 Å². The van der Waals surface area contributed by atoms with Gasteiger partial charge in [0.05, 0.1) is 10.4 Å². The van der Waals surface area contributed by atoms with E-state index < -0.39 is 4.92 Å². The number of nitrogens with zero attached hydrogens (tertiary/aromatic N) is 2. The van der Waals surface area contributed by atoms with Crippen molar-refractivity contribution in [2.24, 2.45) is 0 Å². The first-order valence-corrected chi connectivity index (χ1v) is 6.84. The second kappa shape index (κ2) is 6.03. The van der Waals surface area contributed by atoms with Gasteiger partial charge in [-0.15, -0.1) is 11.3 Å². The summed E-state index contributed by atoms with van der Waals surface area (Å²) in [6, 6.07) is 4.93. The highest BCUT2D eigenvalue weighted by Gasteiger charge is 2.08. The van der Waals surface area contributed by atoms with Crippen molar-refractivity contribution in [1.29, 1.82) is 0 Å². The van der Waals surface area contributed by atoms with Crippen LogP contribution in [-0.4, -0.2) is 9.91 Å². The number of nitro groups is 1. The van der Waals surface area contributed by atoms with Gasteiger partial charge in [0.2, 0.25) is 0 Å². The van der Waals surface area contributed by atoms with E-state index in [1.807, 2.05) is 6.07 Å². The second-order valence-corrected chi connectivity index (χ2v) is 5.53. The van der Waals surface area contributed by atoms with Gasteiger partial charge in [-0.05, 0) is 11.6 Å². The lowest BCUT2D eigenvalue weighted by Crippen LogP contribution is -2.11. The largest absolute Gasteiger partial charge is 0.308 e. The molecule has 0 aliphatic carbocycles. The van der Waals surface area contributed by atoms with Crippen molar-refractivity contribution in [3.8, 4) is 0 Å². The molecule has 1 aromatic heterocycles. The Labute approximate surface area is 116 Å². The number of nitro benzene ring substituents is 1. The molecule has 1 aromatic carbocycles.